The van der Waals surface area contributed by atoms with Crippen molar-refractivity contribution in [3.63, 3.8) is 0 Å². The van der Waals surface area contributed by atoms with Crippen molar-refractivity contribution in [2.24, 2.45) is 5.92 Å². The van der Waals surface area contributed by atoms with Gasteiger partial charge >= 0.3 is 0 Å². The molecule has 2 N–H and O–H groups in total. The fourth-order valence-electron chi connectivity index (χ4n) is 4.01. The summed E-state index contributed by atoms with van der Waals surface area (Å²) in [5.41, 5.74) is 2.19. The standard InChI is InChI=1S/C18H16BrNO3/c1-23-12-5-2-10(3-6-12)16-14(9-21)18(16)13-8-11(19)4-7-15(13)20-17(18)22/h2-8,14,16,21H,9H2,1H3,(H,20,22)/t14-,16-,18-/m1/s1. The van der Waals surface area contributed by atoms with Gasteiger partial charge in [0.1, 0.15) is 5.75 Å². The van der Waals surface area contributed by atoms with Crippen LogP contribution in [0.25, 0.3) is 0 Å². The molecule has 1 heterocycles. The molecule has 2 aliphatic rings. The normalized spacial score (nSPS) is 27.7. The maximum atomic E-state index is 12.7. The molecule has 118 valence electrons. The van der Waals surface area contributed by atoms with Crippen LogP contribution in [0.5, 0.6) is 5.75 Å². The third kappa shape index (κ3) is 1.90. The lowest BCUT2D eigenvalue weighted by Gasteiger charge is -2.10. The van der Waals surface area contributed by atoms with Crippen LogP contribution in [0.3, 0.4) is 0 Å². The number of rotatable bonds is 3. The molecule has 0 saturated heterocycles. The number of benzene rings is 2. The quantitative estimate of drug-likeness (QED) is 0.868. The number of aliphatic hydroxyl groups is 1. The molecule has 2 aromatic rings. The second-order valence-corrected chi connectivity index (χ2v) is 6.97. The summed E-state index contributed by atoms with van der Waals surface area (Å²) in [6, 6.07) is 13.5. The summed E-state index contributed by atoms with van der Waals surface area (Å²) < 4.78 is 6.13. The molecule has 0 unspecified atom stereocenters. The van der Waals surface area contributed by atoms with Crippen LogP contribution in [0.15, 0.2) is 46.9 Å². The van der Waals surface area contributed by atoms with Gasteiger partial charge in [0, 0.05) is 28.6 Å². The van der Waals surface area contributed by atoms with Gasteiger partial charge in [0.2, 0.25) is 5.91 Å². The van der Waals surface area contributed by atoms with Crippen molar-refractivity contribution in [2.45, 2.75) is 11.3 Å². The Morgan fingerprint density at radius 3 is 2.65 bits per heavy atom. The fourth-order valence-corrected chi connectivity index (χ4v) is 4.37. The summed E-state index contributed by atoms with van der Waals surface area (Å²) in [5.74, 6) is 0.633. The summed E-state index contributed by atoms with van der Waals surface area (Å²) in [6.07, 6.45) is 0. The predicted molar refractivity (Wildman–Crippen MR) is 90.8 cm³/mol. The van der Waals surface area contributed by atoms with Crippen LogP contribution in [0, 0.1) is 5.92 Å². The molecule has 1 amide bonds. The first-order valence-corrected chi connectivity index (χ1v) is 8.28. The zero-order chi connectivity index (χ0) is 16.2. The molecule has 1 fully saturated rings. The molecular weight excluding hydrogens is 358 g/mol. The van der Waals surface area contributed by atoms with Crippen LogP contribution >= 0.6 is 15.9 Å². The predicted octanol–water partition coefficient (Wildman–Crippen LogP) is 3.05. The second-order valence-electron chi connectivity index (χ2n) is 6.05. The number of carbonyl (C=O) groups excluding carboxylic acids is 1. The number of nitrogens with one attached hydrogen (secondary N) is 1. The van der Waals surface area contributed by atoms with E-state index in [0.717, 1.165) is 27.0 Å². The molecule has 1 aliphatic carbocycles. The highest BCUT2D eigenvalue weighted by molar-refractivity contribution is 9.10. The van der Waals surface area contributed by atoms with Gasteiger partial charge in [-0.3, -0.25) is 4.79 Å². The average molecular weight is 374 g/mol. The molecule has 0 radical (unpaired) electrons. The highest BCUT2D eigenvalue weighted by atomic mass is 79.9. The molecule has 4 rings (SSSR count). The maximum absolute atomic E-state index is 12.7. The van der Waals surface area contributed by atoms with Gasteiger partial charge in [0.15, 0.2) is 0 Å². The van der Waals surface area contributed by atoms with Gasteiger partial charge in [-0.2, -0.15) is 0 Å². The molecule has 23 heavy (non-hydrogen) atoms. The number of fused-ring (bicyclic) bond motifs is 2. The molecule has 1 spiro atoms. The third-order valence-corrected chi connectivity index (χ3v) is 5.58. The van der Waals surface area contributed by atoms with Crippen molar-refractivity contribution in [3.05, 3.63) is 58.1 Å². The number of hydrogen-bond acceptors (Lipinski definition) is 3. The van der Waals surface area contributed by atoms with E-state index in [1.165, 1.54) is 0 Å². The lowest BCUT2D eigenvalue weighted by Crippen LogP contribution is -2.23. The van der Waals surface area contributed by atoms with Gasteiger partial charge < -0.3 is 15.2 Å². The largest absolute Gasteiger partial charge is 0.497 e. The number of methoxy groups -OCH3 is 1. The van der Waals surface area contributed by atoms with E-state index in [-0.39, 0.29) is 24.3 Å². The Bertz CT molecular complexity index is 789. The molecule has 1 saturated carbocycles. The van der Waals surface area contributed by atoms with Crippen molar-refractivity contribution < 1.29 is 14.6 Å². The maximum Gasteiger partial charge on any atom is 0.236 e. The minimum Gasteiger partial charge on any atom is -0.497 e. The van der Waals surface area contributed by atoms with Gasteiger partial charge in [-0.05, 0) is 41.5 Å². The highest BCUT2D eigenvalue weighted by Crippen LogP contribution is 2.69. The Hall–Kier alpha value is -1.85. The minimum absolute atomic E-state index is 0.0178. The van der Waals surface area contributed by atoms with Gasteiger partial charge in [-0.1, -0.05) is 28.1 Å². The van der Waals surface area contributed by atoms with E-state index in [2.05, 4.69) is 21.2 Å². The molecule has 3 atom stereocenters. The highest BCUT2D eigenvalue weighted by Gasteiger charge is 2.73. The topological polar surface area (TPSA) is 58.6 Å². The van der Waals surface area contributed by atoms with Crippen molar-refractivity contribution in [3.8, 4) is 5.75 Å². The van der Waals surface area contributed by atoms with Crippen LogP contribution in [0.2, 0.25) is 0 Å². The van der Waals surface area contributed by atoms with Gasteiger partial charge in [0.05, 0.1) is 12.5 Å². The molecule has 4 nitrogen and oxygen atoms in total. The smallest absolute Gasteiger partial charge is 0.236 e. The van der Waals surface area contributed by atoms with E-state index in [1.807, 2.05) is 42.5 Å². The SMILES string of the molecule is COc1ccc([C@@H]2[C@@H](CO)[C@@]23C(=O)Nc2ccc(Br)cc23)cc1. The first kappa shape index (κ1) is 14.7. The number of anilines is 1. The molecular formula is C18H16BrNO3. The molecule has 0 aromatic heterocycles. The number of ether oxygens (including phenoxy) is 1. The van der Waals surface area contributed by atoms with Gasteiger partial charge in [-0.15, -0.1) is 0 Å². The first-order chi connectivity index (χ1) is 11.1. The molecule has 5 heteroatoms. The van der Waals surface area contributed by atoms with Crippen LogP contribution < -0.4 is 10.1 Å². The van der Waals surface area contributed by atoms with Crippen molar-refractivity contribution in [2.75, 3.05) is 19.0 Å². The van der Waals surface area contributed by atoms with E-state index in [9.17, 15) is 9.90 Å². The van der Waals surface area contributed by atoms with Gasteiger partial charge in [0.25, 0.3) is 0 Å². The van der Waals surface area contributed by atoms with Gasteiger partial charge in [-0.25, -0.2) is 0 Å². The van der Waals surface area contributed by atoms with E-state index in [1.54, 1.807) is 7.11 Å². The number of hydrogen-bond donors (Lipinski definition) is 2. The number of halogens is 1. The zero-order valence-electron chi connectivity index (χ0n) is 12.5. The third-order valence-electron chi connectivity index (χ3n) is 5.09. The average Bonchev–Trinajstić information content (AvgIpc) is 3.18. The summed E-state index contributed by atoms with van der Waals surface area (Å²) in [5, 5.41) is 12.8. The molecule has 1 aliphatic heterocycles. The Kier molecular flexibility index (Phi) is 3.25. The molecule has 2 aromatic carbocycles. The number of amides is 1. The van der Waals surface area contributed by atoms with Crippen molar-refractivity contribution in [1.29, 1.82) is 0 Å². The van der Waals surface area contributed by atoms with E-state index in [0.29, 0.717) is 0 Å². The number of aliphatic hydroxyl groups excluding tert-OH is 1. The van der Waals surface area contributed by atoms with Crippen molar-refractivity contribution in [1.82, 2.24) is 0 Å². The Morgan fingerprint density at radius 2 is 2.00 bits per heavy atom. The number of carbonyl (C=O) groups is 1. The summed E-state index contributed by atoms with van der Waals surface area (Å²) in [6.45, 7) is -0.0178. The zero-order valence-corrected chi connectivity index (χ0v) is 14.1. The first-order valence-electron chi connectivity index (χ1n) is 7.49. The van der Waals surface area contributed by atoms with Crippen LogP contribution in [0.4, 0.5) is 5.69 Å². The lowest BCUT2D eigenvalue weighted by molar-refractivity contribution is -0.118. The van der Waals surface area contributed by atoms with Crippen LogP contribution in [-0.2, 0) is 10.2 Å². The monoisotopic (exact) mass is 373 g/mol. The van der Waals surface area contributed by atoms with Crippen LogP contribution in [-0.4, -0.2) is 24.7 Å². The second kappa shape index (κ2) is 5.08. The fraction of sp³-hybridized carbons (Fsp3) is 0.278. The summed E-state index contributed by atoms with van der Waals surface area (Å²) in [4.78, 5) is 12.7. The van der Waals surface area contributed by atoms with E-state index < -0.39 is 5.41 Å². The Morgan fingerprint density at radius 1 is 1.26 bits per heavy atom. The van der Waals surface area contributed by atoms with E-state index >= 15 is 0 Å². The Balaban J connectivity index is 1.81. The van der Waals surface area contributed by atoms with E-state index in [4.69, 9.17) is 4.74 Å². The molecule has 0 bridgehead atoms. The summed E-state index contributed by atoms with van der Waals surface area (Å²) in [7, 11) is 1.63. The summed E-state index contributed by atoms with van der Waals surface area (Å²) >= 11 is 3.48. The van der Waals surface area contributed by atoms with Crippen molar-refractivity contribution >= 4 is 27.5 Å². The Labute approximate surface area is 142 Å². The lowest BCUT2D eigenvalue weighted by atomic mass is 9.91. The minimum atomic E-state index is -0.664. The van der Waals surface area contributed by atoms with Crippen LogP contribution in [0.1, 0.15) is 17.0 Å².